The maximum atomic E-state index is 12.9. The highest BCUT2D eigenvalue weighted by molar-refractivity contribution is 6.13. The van der Waals surface area contributed by atoms with Crippen LogP contribution in [0.1, 0.15) is 44.0 Å². The van der Waals surface area contributed by atoms with Crippen molar-refractivity contribution in [3.63, 3.8) is 0 Å². The molecule has 2 nitrogen and oxygen atoms in total. The van der Waals surface area contributed by atoms with Crippen molar-refractivity contribution < 1.29 is 14.0 Å². The van der Waals surface area contributed by atoms with Gasteiger partial charge in [-0.2, -0.15) is 0 Å². The normalized spacial score (nSPS) is 31.9. The van der Waals surface area contributed by atoms with Crippen LogP contribution < -0.4 is 0 Å². The third-order valence-corrected chi connectivity index (χ3v) is 5.78. The zero-order valence-corrected chi connectivity index (χ0v) is 12.6. The first kappa shape index (κ1) is 14.2. The summed E-state index contributed by atoms with van der Waals surface area (Å²) in [4.78, 5) is 24.9. The molecule has 2 fully saturated rings. The van der Waals surface area contributed by atoms with E-state index in [2.05, 4.69) is 13.8 Å². The van der Waals surface area contributed by atoms with Gasteiger partial charge < -0.3 is 0 Å². The fourth-order valence-corrected chi connectivity index (χ4v) is 3.93. The Labute approximate surface area is 124 Å². The monoisotopic (exact) mass is 286 g/mol. The quantitative estimate of drug-likeness (QED) is 0.609. The molecule has 0 unspecified atom stereocenters. The average molecular weight is 286 g/mol. The molecule has 0 radical (unpaired) electrons. The lowest BCUT2D eigenvalue weighted by Crippen LogP contribution is -2.32. The van der Waals surface area contributed by atoms with Crippen LogP contribution >= 0.6 is 0 Å². The van der Waals surface area contributed by atoms with Gasteiger partial charge in [-0.1, -0.05) is 20.8 Å². The largest absolute Gasteiger partial charge is 0.294 e. The van der Waals surface area contributed by atoms with Crippen molar-refractivity contribution in [2.75, 3.05) is 0 Å². The van der Waals surface area contributed by atoms with Gasteiger partial charge in [-0.3, -0.25) is 9.59 Å². The minimum atomic E-state index is -0.371. The molecule has 21 heavy (non-hydrogen) atoms. The number of halogens is 1. The van der Waals surface area contributed by atoms with E-state index in [1.54, 1.807) is 0 Å². The van der Waals surface area contributed by atoms with E-state index in [1.807, 2.05) is 6.92 Å². The molecule has 0 amide bonds. The summed E-state index contributed by atoms with van der Waals surface area (Å²) in [5.41, 5.74) is 0.622. The molecule has 0 saturated heterocycles. The molecular weight excluding hydrogens is 267 g/mol. The molecule has 3 heteroatoms. The van der Waals surface area contributed by atoms with Crippen molar-refractivity contribution in [1.29, 1.82) is 0 Å². The molecule has 0 aromatic heterocycles. The number of carbonyl (C=O) groups excluding carboxylic acids is 2. The van der Waals surface area contributed by atoms with Gasteiger partial charge in [0.1, 0.15) is 5.82 Å². The Morgan fingerprint density at radius 3 is 2.38 bits per heavy atom. The Hall–Kier alpha value is -1.77. The van der Waals surface area contributed by atoms with E-state index in [0.717, 1.165) is 12.8 Å². The van der Waals surface area contributed by atoms with E-state index in [0.29, 0.717) is 11.1 Å². The van der Waals surface area contributed by atoms with Gasteiger partial charge in [0.05, 0.1) is 0 Å². The van der Waals surface area contributed by atoms with Gasteiger partial charge in [-0.05, 0) is 54.5 Å². The summed E-state index contributed by atoms with van der Waals surface area (Å²) < 4.78 is 12.9. The molecule has 2 aliphatic rings. The molecule has 2 saturated carbocycles. The number of ketones is 2. The third kappa shape index (κ3) is 1.83. The lowest BCUT2D eigenvalue weighted by atomic mass is 9.70. The summed E-state index contributed by atoms with van der Waals surface area (Å²) in [7, 11) is 0. The maximum Gasteiger partial charge on any atom is 0.186 e. The second-order valence-electron chi connectivity index (χ2n) is 6.95. The first-order chi connectivity index (χ1) is 9.77. The molecule has 0 spiro atoms. The number of rotatable bonds is 2. The zero-order chi connectivity index (χ0) is 15.4. The van der Waals surface area contributed by atoms with E-state index in [-0.39, 0.29) is 34.1 Å². The van der Waals surface area contributed by atoms with Crippen molar-refractivity contribution >= 4 is 11.6 Å². The van der Waals surface area contributed by atoms with Crippen molar-refractivity contribution in [2.45, 2.75) is 33.6 Å². The summed E-state index contributed by atoms with van der Waals surface area (Å²) in [6, 6.07) is 5.44. The number of hydrogen-bond donors (Lipinski definition) is 0. The summed E-state index contributed by atoms with van der Waals surface area (Å²) in [5.74, 6) is -0.326. The lowest BCUT2D eigenvalue weighted by Gasteiger charge is -2.31. The predicted molar refractivity (Wildman–Crippen MR) is 78.4 cm³/mol. The molecular formula is C18H19FO2. The lowest BCUT2D eigenvalue weighted by molar-refractivity contribution is -0.125. The molecule has 0 heterocycles. The van der Waals surface area contributed by atoms with Gasteiger partial charge in [0, 0.05) is 16.6 Å². The summed E-state index contributed by atoms with van der Waals surface area (Å²) in [5, 5.41) is 0. The number of Topliss-reactive ketones (excluding diaryl/α,β-unsaturated/α-hetero) is 1. The summed E-state index contributed by atoms with van der Waals surface area (Å²) >= 11 is 0. The number of benzene rings is 1. The van der Waals surface area contributed by atoms with E-state index >= 15 is 0 Å². The summed E-state index contributed by atoms with van der Waals surface area (Å²) in [6.07, 6.45) is 3.33. The first-order valence-electron chi connectivity index (χ1n) is 7.34. The van der Waals surface area contributed by atoms with Crippen molar-refractivity contribution in [3.8, 4) is 0 Å². The molecule has 1 aromatic carbocycles. The van der Waals surface area contributed by atoms with Crippen LogP contribution in [-0.2, 0) is 4.79 Å². The van der Waals surface area contributed by atoms with Crippen LogP contribution in [-0.4, -0.2) is 11.6 Å². The Kier molecular flexibility index (Phi) is 2.94. The fraction of sp³-hybridized carbons (Fsp3) is 0.444. The predicted octanol–water partition coefficient (Wildman–Crippen LogP) is 3.96. The van der Waals surface area contributed by atoms with Crippen LogP contribution in [0.15, 0.2) is 35.9 Å². The van der Waals surface area contributed by atoms with Gasteiger partial charge in [0.2, 0.25) is 0 Å². The van der Waals surface area contributed by atoms with Crippen LogP contribution in [0.25, 0.3) is 0 Å². The minimum absolute atomic E-state index is 0.0982. The zero-order valence-electron chi connectivity index (χ0n) is 12.6. The first-order valence-corrected chi connectivity index (χ1v) is 7.34. The molecule has 2 atom stereocenters. The van der Waals surface area contributed by atoms with Gasteiger partial charge >= 0.3 is 0 Å². The topological polar surface area (TPSA) is 34.1 Å². The smallest absolute Gasteiger partial charge is 0.186 e. The van der Waals surface area contributed by atoms with Gasteiger partial charge in [-0.15, -0.1) is 0 Å². The van der Waals surface area contributed by atoms with Crippen molar-refractivity contribution in [3.05, 3.63) is 47.3 Å². The van der Waals surface area contributed by atoms with E-state index in [4.69, 9.17) is 0 Å². The van der Waals surface area contributed by atoms with Gasteiger partial charge in [0.15, 0.2) is 11.6 Å². The Balaban J connectivity index is 1.96. The second kappa shape index (κ2) is 4.36. The number of fused-ring (bicyclic) bond motifs is 2. The highest BCUT2D eigenvalue weighted by Gasteiger charge is 2.63. The van der Waals surface area contributed by atoms with Crippen LogP contribution in [0.4, 0.5) is 4.39 Å². The summed E-state index contributed by atoms with van der Waals surface area (Å²) in [6.45, 7) is 6.25. The Morgan fingerprint density at radius 2 is 1.86 bits per heavy atom. The van der Waals surface area contributed by atoms with Crippen molar-refractivity contribution in [1.82, 2.24) is 0 Å². The van der Waals surface area contributed by atoms with Crippen LogP contribution in [0.2, 0.25) is 0 Å². The van der Waals surface area contributed by atoms with Gasteiger partial charge in [-0.25, -0.2) is 4.39 Å². The van der Waals surface area contributed by atoms with Gasteiger partial charge in [0.25, 0.3) is 0 Å². The van der Waals surface area contributed by atoms with E-state index in [9.17, 15) is 14.0 Å². The van der Waals surface area contributed by atoms with Crippen LogP contribution in [0.5, 0.6) is 0 Å². The number of carbonyl (C=O) groups is 2. The number of allylic oxidation sites excluding steroid dienone is 2. The standard InChI is InChI=1S/C18H19FO2/c1-17(2)14-8-9-18(17,3)16(21)13(14)10-15(20)11-4-6-12(19)7-5-11/h4-7,10,14H,8-9H2,1-3H3/b13-10+/t14-,18+/m0/s1. The van der Waals surface area contributed by atoms with Crippen LogP contribution in [0.3, 0.4) is 0 Å². The average Bonchev–Trinajstić information content (AvgIpc) is 2.74. The number of hydrogen-bond acceptors (Lipinski definition) is 2. The van der Waals surface area contributed by atoms with Crippen LogP contribution in [0, 0.1) is 22.6 Å². The molecule has 2 aliphatic carbocycles. The molecule has 2 bridgehead atoms. The highest BCUT2D eigenvalue weighted by atomic mass is 19.1. The molecule has 0 aliphatic heterocycles. The van der Waals surface area contributed by atoms with Crippen molar-refractivity contribution in [2.24, 2.45) is 16.7 Å². The van der Waals surface area contributed by atoms with E-state index < -0.39 is 0 Å². The Bertz CT molecular complexity index is 654. The second-order valence-corrected chi connectivity index (χ2v) is 6.95. The maximum absolute atomic E-state index is 12.9. The molecule has 110 valence electrons. The SMILES string of the molecule is CC1(C)[C@H]2CC[C@]1(C)C(=O)/C2=C/C(=O)c1ccc(F)cc1. The molecule has 3 rings (SSSR count). The highest BCUT2D eigenvalue weighted by Crippen LogP contribution is 2.65. The Morgan fingerprint density at radius 1 is 1.24 bits per heavy atom. The molecule has 0 N–H and O–H groups in total. The third-order valence-electron chi connectivity index (χ3n) is 5.78. The molecule has 1 aromatic rings. The fourth-order valence-electron chi connectivity index (χ4n) is 3.93. The minimum Gasteiger partial charge on any atom is -0.294 e. The van der Waals surface area contributed by atoms with E-state index in [1.165, 1.54) is 30.3 Å².